The highest BCUT2D eigenvalue weighted by atomic mass is 127. The van der Waals surface area contributed by atoms with Crippen LogP contribution in [0.5, 0.6) is 11.5 Å². The SMILES string of the molecule is CCOc1cccc(CNC(=NC)NCCNC(=O)c2cccc(C)c2)c1OC(F)F.I. The van der Waals surface area contributed by atoms with Gasteiger partial charge in [0.25, 0.3) is 5.91 Å². The van der Waals surface area contributed by atoms with Crippen molar-refractivity contribution >= 4 is 35.8 Å². The zero-order valence-corrected chi connectivity index (χ0v) is 20.6. The number of hydrogen-bond acceptors (Lipinski definition) is 4. The van der Waals surface area contributed by atoms with Crippen molar-refractivity contribution in [2.45, 2.75) is 27.0 Å². The normalized spacial score (nSPS) is 10.9. The molecule has 10 heteroatoms. The maximum Gasteiger partial charge on any atom is 0.387 e. The molecule has 0 atom stereocenters. The number of guanidine groups is 1. The molecule has 0 aliphatic rings. The predicted octanol–water partition coefficient (Wildman–Crippen LogP) is 3.71. The van der Waals surface area contributed by atoms with Gasteiger partial charge in [-0.25, -0.2) is 0 Å². The van der Waals surface area contributed by atoms with Crippen LogP contribution in [0, 0.1) is 6.92 Å². The Morgan fingerprint density at radius 1 is 1.09 bits per heavy atom. The molecule has 0 aliphatic heterocycles. The highest BCUT2D eigenvalue weighted by Gasteiger charge is 2.16. The molecule has 0 aliphatic carbocycles. The molecule has 0 unspecified atom stereocenters. The fourth-order valence-electron chi connectivity index (χ4n) is 2.84. The summed E-state index contributed by atoms with van der Waals surface area (Å²) in [5.41, 5.74) is 2.11. The summed E-state index contributed by atoms with van der Waals surface area (Å²) >= 11 is 0. The smallest absolute Gasteiger partial charge is 0.387 e. The van der Waals surface area contributed by atoms with Crippen molar-refractivity contribution in [3.05, 3.63) is 59.2 Å². The fourth-order valence-corrected chi connectivity index (χ4v) is 2.84. The Morgan fingerprint density at radius 3 is 2.47 bits per heavy atom. The van der Waals surface area contributed by atoms with Gasteiger partial charge >= 0.3 is 6.61 Å². The van der Waals surface area contributed by atoms with E-state index in [2.05, 4.69) is 25.7 Å². The Morgan fingerprint density at radius 2 is 1.81 bits per heavy atom. The molecule has 1 amide bonds. The van der Waals surface area contributed by atoms with Gasteiger partial charge in [-0.05, 0) is 32.0 Å². The number of alkyl halides is 2. The highest BCUT2D eigenvalue weighted by Crippen LogP contribution is 2.32. The number of nitrogens with one attached hydrogen (secondary N) is 3. The molecule has 2 aromatic rings. The maximum absolute atomic E-state index is 12.8. The molecule has 7 nitrogen and oxygen atoms in total. The fraction of sp³-hybridized carbons (Fsp3) is 0.364. The second-order valence-corrected chi connectivity index (χ2v) is 6.53. The summed E-state index contributed by atoms with van der Waals surface area (Å²) in [6.45, 7) is 2.06. The van der Waals surface area contributed by atoms with Crippen molar-refractivity contribution in [3.63, 3.8) is 0 Å². The molecule has 2 aromatic carbocycles. The Balaban J connectivity index is 0.00000512. The Labute approximate surface area is 204 Å². The number of aliphatic imine (C=N–C) groups is 1. The minimum Gasteiger partial charge on any atom is -0.490 e. The lowest BCUT2D eigenvalue weighted by molar-refractivity contribution is -0.0520. The van der Waals surface area contributed by atoms with E-state index in [4.69, 9.17) is 4.74 Å². The molecular weight excluding hydrogens is 533 g/mol. The first-order valence-electron chi connectivity index (χ1n) is 9.93. The third kappa shape index (κ3) is 8.85. The number of carbonyl (C=O) groups excluding carboxylic acids is 1. The van der Waals surface area contributed by atoms with Gasteiger partial charge in [0, 0.05) is 37.8 Å². The molecule has 3 N–H and O–H groups in total. The van der Waals surface area contributed by atoms with Crippen LogP contribution in [0.15, 0.2) is 47.5 Å². The van der Waals surface area contributed by atoms with Crippen LogP contribution >= 0.6 is 24.0 Å². The number of rotatable bonds is 10. The summed E-state index contributed by atoms with van der Waals surface area (Å²) in [6, 6.07) is 12.3. The molecule has 2 rings (SSSR count). The number of ether oxygens (including phenoxy) is 2. The zero-order chi connectivity index (χ0) is 22.6. The van der Waals surface area contributed by atoms with Crippen LogP contribution in [0.2, 0.25) is 0 Å². The van der Waals surface area contributed by atoms with Crippen LogP contribution in [0.3, 0.4) is 0 Å². The standard InChI is InChI=1S/C22H28F2N4O3.HI/c1-4-30-18-10-6-9-17(19(18)31-21(23)24)14-28-22(25-3)27-12-11-26-20(29)16-8-5-7-15(2)13-16;/h5-10,13,21H,4,11-12,14H2,1-3H3,(H,26,29)(H2,25,27,28);1H. The van der Waals surface area contributed by atoms with E-state index in [9.17, 15) is 13.6 Å². The quantitative estimate of drug-likeness (QED) is 0.178. The largest absolute Gasteiger partial charge is 0.490 e. The van der Waals surface area contributed by atoms with Crippen LogP contribution in [0.4, 0.5) is 8.78 Å². The first-order chi connectivity index (χ1) is 14.9. The number of carbonyl (C=O) groups is 1. The number of hydrogen-bond donors (Lipinski definition) is 3. The van der Waals surface area contributed by atoms with Crippen LogP contribution < -0.4 is 25.4 Å². The van der Waals surface area contributed by atoms with E-state index in [1.807, 2.05) is 25.1 Å². The van der Waals surface area contributed by atoms with Crippen molar-refractivity contribution in [3.8, 4) is 11.5 Å². The van der Waals surface area contributed by atoms with Gasteiger partial charge < -0.3 is 25.4 Å². The molecule has 0 aromatic heterocycles. The summed E-state index contributed by atoms with van der Waals surface area (Å²) in [6.07, 6.45) is 0. The number of para-hydroxylation sites is 1. The van der Waals surface area contributed by atoms with Gasteiger partial charge in [0.1, 0.15) is 0 Å². The third-order valence-corrected chi connectivity index (χ3v) is 4.22. The van der Waals surface area contributed by atoms with Gasteiger partial charge in [-0.15, -0.1) is 24.0 Å². The van der Waals surface area contributed by atoms with Crippen LogP contribution in [0.1, 0.15) is 28.4 Å². The average molecular weight is 562 g/mol. The van der Waals surface area contributed by atoms with Crippen LogP contribution in [-0.4, -0.2) is 45.2 Å². The van der Waals surface area contributed by atoms with E-state index >= 15 is 0 Å². The first kappa shape index (κ1) is 27.4. The summed E-state index contributed by atoms with van der Waals surface area (Å²) in [7, 11) is 1.59. The predicted molar refractivity (Wildman–Crippen MR) is 131 cm³/mol. The first-order valence-corrected chi connectivity index (χ1v) is 9.93. The van der Waals surface area contributed by atoms with Gasteiger partial charge in [0.05, 0.1) is 6.61 Å². The molecule has 0 fully saturated rings. The maximum atomic E-state index is 12.8. The lowest BCUT2D eigenvalue weighted by atomic mass is 10.1. The minimum atomic E-state index is -2.96. The summed E-state index contributed by atoms with van der Waals surface area (Å²) in [5.74, 6) is 0.543. The van der Waals surface area contributed by atoms with Crippen molar-refractivity contribution < 1.29 is 23.0 Å². The number of nitrogens with zero attached hydrogens (tertiary/aromatic N) is 1. The van der Waals surface area contributed by atoms with Gasteiger partial charge in [-0.3, -0.25) is 9.79 Å². The van der Waals surface area contributed by atoms with Crippen molar-refractivity contribution in [2.24, 2.45) is 4.99 Å². The van der Waals surface area contributed by atoms with E-state index in [0.717, 1.165) is 5.56 Å². The minimum absolute atomic E-state index is 0. The van der Waals surface area contributed by atoms with Crippen molar-refractivity contribution in [1.82, 2.24) is 16.0 Å². The summed E-state index contributed by atoms with van der Waals surface area (Å²) in [4.78, 5) is 16.3. The van der Waals surface area contributed by atoms with Gasteiger partial charge in [0.2, 0.25) is 0 Å². The van der Waals surface area contributed by atoms with E-state index < -0.39 is 6.61 Å². The Kier molecular flexibility index (Phi) is 12.4. The van der Waals surface area contributed by atoms with E-state index in [1.54, 1.807) is 38.2 Å². The second-order valence-electron chi connectivity index (χ2n) is 6.53. The number of amides is 1. The molecule has 0 bridgehead atoms. The topological polar surface area (TPSA) is 84.0 Å². The molecule has 176 valence electrons. The summed E-state index contributed by atoms with van der Waals surface area (Å²) < 4.78 is 35.7. The van der Waals surface area contributed by atoms with Crippen molar-refractivity contribution in [2.75, 3.05) is 26.7 Å². The zero-order valence-electron chi connectivity index (χ0n) is 18.3. The lowest BCUT2D eigenvalue weighted by Crippen LogP contribution is -2.41. The summed E-state index contributed by atoms with van der Waals surface area (Å²) in [5, 5.41) is 8.93. The number of aryl methyl sites for hydroxylation is 1. The number of halogens is 3. The molecular formula is C22H29F2IN4O3. The monoisotopic (exact) mass is 562 g/mol. The molecule has 0 saturated carbocycles. The van der Waals surface area contributed by atoms with Gasteiger partial charge in [0.15, 0.2) is 17.5 Å². The van der Waals surface area contributed by atoms with Crippen LogP contribution in [-0.2, 0) is 6.54 Å². The molecule has 32 heavy (non-hydrogen) atoms. The second kappa shape index (κ2) is 14.4. The average Bonchev–Trinajstić information content (AvgIpc) is 2.74. The molecule has 0 radical (unpaired) electrons. The van der Waals surface area contributed by atoms with Crippen LogP contribution in [0.25, 0.3) is 0 Å². The van der Waals surface area contributed by atoms with E-state index in [-0.39, 0.29) is 47.9 Å². The van der Waals surface area contributed by atoms with E-state index in [1.165, 1.54) is 0 Å². The Bertz CT molecular complexity index is 897. The lowest BCUT2D eigenvalue weighted by Gasteiger charge is -2.17. The third-order valence-electron chi connectivity index (χ3n) is 4.22. The molecule has 0 heterocycles. The van der Waals surface area contributed by atoms with Gasteiger partial charge in [-0.2, -0.15) is 8.78 Å². The molecule has 0 spiro atoms. The van der Waals surface area contributed by atoms with Crippen molar-refractivity contribution in [1.29, 1.82) is 0 Å². The van der Waals surface area contributed by atoms with Gasteiger partial charge in [-0.1, -0.05) is 29.8 Å². The number of benzene rings is 2. The van der Waals surface area contributed by atoms with E-state index in [0.29, 0.717) is 36.8 Å². The molecule has 0 saturated heterocycles. The highest BCUT2D eigenvalue weighted by molar-refractivity contribution is 14.0. The Hall–Kier alpha value is -2.63.